The van der Waals surface area contributed by atoms with E-state index in [2.05, 4.69) is 35.8 Å². The number of anilines is 2. The molecule has 0 aliphatic carbocycles. The molecule has 0 saturated carbocycles. The smallest absolute Gasteiger partial charge is 0.234 e. The van der Waals surface area contributed by atoms with Gasteiger partial charge in [-0.2, -0.15) is 0 Å². The Kier molecular flexibility index (Phi) is 6.89. The molecule has 2 amide bonds. The summed E-state index contributed by atoms with van der Waals surface area (Å²) in [6, 6.07) is 13.4. The first-order chi connectivity index (χ1) is 12.0. The Hall–Kier alpha value is -2.47. The lowest BCUT2D eigenvalue weighted by Gasteiger charge is -2.12. The maximum Gasteiger partial charge on any atom is 0.234 e. The van der Waals surface area contributed by atoms with Crippen LogP contribution in [-0.4, -0.2) is 24.7 Å². The molecule has 0 fully saturated rings. The molecule has 0 radical (unpaired) electrons. The van der Waals surface area contributed by atoms with Crippen LogP contribution in [0.15, 0.2) is 42.5 Å². The largest absolute Gasteiger partial charge is 0.495 e. The second kappa shape index (κ2) is 9.13. The number of thioether (sulfide) groups is 1. The lowest BCUT2D eigenvalue weighted by Crippen LogP contribution is -2.15. The molecule has 0 heterocycles. The number of carbonyl (C=O) groups excluding carboxylic acids is 2. The van der Waals surface area contributed by atoms with Gasteiger partial charge in [0.15, 0.2) is 0 Å². The number of hydrogen-bond acceptors (Lipinski definition) is 4. The molecular formula is C19H22N2O3S. The number of ether oxygens (including phenoxy) is 1. The Morgan fingerprint density at radius 1 is 1.12 bits per heavy atom. The van der Waals surface area contributed by atoms with E-state index in [0.717, 1.165) is 5.75 Å². The van der Waals surface area contributed by atoms with Gasteiger partial charge >= 0.3 is 0 Å². The first-order valence-electron chi connectivity index (χ1n) is 7.86. The van der Waals surface area contributed by atoms with Crippen LogP contribution in [0.1, 0.15) is 18.1 Å². The third-order valence-electron chi connectivity index (χ3n) is 3.38. The van der Waals surface area contributed by atoms with Gasteiger partial charge in [0.05, 0.1) is 18.6 Å². The highest BCUT2D eigenvalue weighted by Crippen LogP contribution is 2.28. The fraction of sp³-hybridized carbons (Fsp3) is 0.263. The van der Waals surface area contributed by atoms with Crippen molar-refractivity contribution in [2.45, 2.75) is 19.6 Å². The zero-order chi connectivity index (χ0) is 18.2. The van der Waals surface area contributed by atoms with E-state index in [4.69, 9.17) is 4.74 Å². The van der Waals surface area contributed by atoms with Crippen LogP contribution < -0.4 is 15.4 Å². The van der Waals surface area contributed by atoms with Gasteiger partial charge in [-0.25, -0.2) is 0 Å². The topological polar surface area (TPSA) is 67.4 Å². The lowest BCUT2D eigenvalue weighted by molar-refractivity contribution is -0.114. The van der Waals surface area contributed by atoms with Crippen molar-refractivity contribution in [3.63, 3.8) is 0 Å². The molecule has 0 aliphatic rings. The van der Waals surface area contributed by atoms with E-state index >= 15 is 0 Å². The summed E-state index contributed by atoms with van der Waals surface area (Å²) in [7, 11) is 1.54. The van der Waals surface area contributed by atoms with Gasteiger partial charge in [-0.3, -0.25) is 9.59 Å². The molecule has 5 nitrogen and oxygen atoms in total. The minimum atomic E-state index is -0.170. The fourth-order valence-corrected chi connectivity index (χ4v) is 3.11. The number of carbonyl (C=O) groups is 2. The summed E-state index contributed by atoms with van der Waals surface area (Å²) in [5, 5.41) is 5.53. The van der Waals surface area contributed by atoms with Gasteiger partial charge in [-0.15, -0.1) is 11.8 Å². The number of hydrogen-bond donors (Lipinski definition) is 2. The van der Waals surface area contributed by atoms with Crippen molar-refractivity contribution in [2.24, 2.45) is 0 Å². The predicted molar refractivity (Wildman–Crippen MR) is 103 cm³/mol. The lowest BCUT2D eigenvalue weighted by atomic mass is 10.2. The van der Waals surface area contributed by atoms with Crippen LogP contribution in [0, 0.1) is 6.92 Å². The highest BCUT2D eigenvalue weighted by Gasteiger charge is 2.09. The maximum absolute atomic E-state index is 12.2. The van der Waals surface area contributed by atoms with Gasteiger partial charge in [0.2, 0.25) is 11.8 Å². The summed E-state index contributed by atoms with van der Waals surface area (Å²) < 4.78 is 5.26. The molecular weight excluding hydrogens is 336 g/mol. The van der Waals surface area contributed by atoms with Crippen molar-refractivity contribution in [1.29, 1.82) is 0 Å². The van der Waals surface area contributed by atoms with Crippen molar-refractivity contribution >= 4 is 35.0 Å². The van der Waals surface area contributed by atoms with Crippen molar-refractivity contribution in [3.8, 4) is 5.75 Å². The molecule has 0 atom stereocenters. The number of aryl methyl sites for hydroxylation is 1. The Labute approximate surface area is 152 Å². The summed E-state index contributed by atoms with van der Waals surface area (Å²) in [5.74, 6) is 1.37. The molecule has 0 aromatic heterocycles. The Morgan fingerprint density at radius 3 is 2.60 bits per heavy atom. The van der Waals surface area contributed by atoms with Crippen molar-refractivity contribution in [1.82, 2.24) is 0 Å². The molecule has 0 spiro atoms. The minimum absolute atomic E-state index is 0.115. The van der Waals surface area contributed by atoms with Crippen LogP contribution in [0.5, 0.6) is 5.75 Å². The fourth-order valence-electron chi connectivity index (χ4n) is 2.34. The average molecular weight is 358 g/mol. The van der Waals surface area contributed by atoms with Gasteiger partial charge in [0.1, 0.15) is 5.75 Å². The number of rotatable bonds is 7. The van der Waals surface area contributed by atoms with E-state index in [9.17, 15) is 9.59 Å². The third kappa shape index (κ3) is 6.15. The van der Waals surface area contributed by atoms with Crippen molar-refractivity contribution in [2.75, 3.05) is 23.5 Å². The van der Waals surface area contributed by atoms with Gasteiger partial charge in [0, 0.05) is 18.4 Å². The normalized spacial score (nSPS) is 10.2. The summed E-state index contributed by atoms with van der Waals surface area (Å²) in [6.45, 7) is 3.49. The molecule has 0 bridgehead atoms. The highest BCUT2D eigenvalue weighted by atomic mass is 32.2. The second-order valence-electron chi connectivity index (χ2n) is 5.63. The second-order valence-corrected chi connectivity index (χ2v) is 6.61. The number of methoxy groups -OCH3 is 1. The number of benzene rings is 2. The standard InChI is InChI=1S/C19H22N2O3S/c1-13-5-4-6-15(9-13)11-25-12-19(23)21-17-10-16(20-14(2)22)7-8-18(17)24-3/h4-10H,11-12H2,1-3H3,(H,20,22)(H,21,23). The molecule has 2 N–H and O–H groups in total. The summed E-state index contributed by atoms with van der Waals surface area (Å²) >= 11 is 1.55. The van der Waals surface area contributed by atoms with Crippen LogP contribution in [0.25, 0.3) is 0 Å². The molecule has 6 heteroatoms. The number of amides is 2. The molecule has 132 valence electrons. The molecule has 25 heavy (non-hydrogen) atoms. The first-order valence-corrected chi connectivity index (χ1v) is 9.02. The van der Waals surface area contributed by atoms with E-state index in [0.29, 0.717) is 22.9 Å². The zero-order valence-electron chi connectivity index (χ0n) is 14.6. The van der Waals surface area contributed by atoms with E-state index in [1.807, 2.05) is 6.07 Å². The van der Waals surface area contributed by atoms with E-state index in [1.165, 1.54) is 25.2 Å². The molecule has 0 aliphatic heterocycles. The quantitative estimate of drug-likeness (QED) is 0.789. The van der Waals surface area contributed by atoms with Gasteiger partial charge in [-0.05, 0) is 30.7 Å². The summed E-state index contributed by atoms with van der Waals surface area (Å²) in [6.07, 6.45) is 0. The third-order valence-corrected chi connectivity index (χ3v) is 4.38. The molecule has 2 aromatic rings. The SMILES string of the molecule is COc1ccc(NC(C)=O)cc1NC(=O)CSCc1cccc(C)c1. The first kappa shape index (κ1) is 18.9. The summed E-state index contributed by atoms with van der Waals surface area (Å²) in [5.41, 5.74) is 3.55. The monoisotopic (exact) mass is 358 g/mol. The van der Waals surface area contributed by atoms with Crippen molar-refractivity contribution < 1.29 is 14.3 Å². The molecule has 0 unspecified atom stereocenters. The van der Waals surface area contributed by atoms with Crippen LogP contribution in [0.3, 0.4) is 0 Å². The zero-order valence-corrected chi connectivity index (χ0v) is 15.4. The Bertz CT molecular complexity index is 762. The molecule has 2 rings (SSSR count). The summed E-state index contributed by atoms with van der Waals surface area (Å²) in [4.78, 5) is 23.4. The minimum Gasteiger partial charge on any atom is -0.495 e. The van der Waals surface area contributed by atoms with Crippen LogP contribution in [-0.2, 0) is 15.3 Å². The van der Waals surface area contributed by atoms with Crippen LogP contribution in [0.4, 0.5) is 11.4 Å². The van der Waals surface area contributed by atoms with Gasteiger partial charge in [-0.1, -0.05) is 29.8 Å². The molecule has 2 aromatic carbocycles. The predicted octanol–water partition coefficient (Wildman–Crippen LogP) is 3.83. The van der Waals surface area contributed by atoms with Crippen LogP contribution in [0.2, 0.25) is 0 Å². The Balaban J connectivity index is 1.93. The maximum atomic E-state index is 12.2. The van der Waals surface area contributed by atoms with E-state index < -0.39 is 0 Å². The average Bonchev–Trinajstić information content (AvgIpc) is 2.54. The van der Waals surface area contributed by atoms with Crippen LogP contribution >= 0.6 is 11.8 Å². The number of nitrogens with one attached hydrogen (secondary N) is 2. The van der Waals surface area contributed by atoms with Gasteiger partial charge < -0.3 is 15.4 Å². The highest BCUT2D eigenvalue weighted by molar-refractivity contribution is 7.99. The van der Waals surface area contributed by atoms with Crippen molar-refractivity contribution in [3.05, 3.63) is 53.6 Å². The van der Waals surface area contributed by atoms with E-state index in [-0.39, 0.29) is 11.8 Å². The van der Waals surface area contributed by atoms with Gasteiger partial charge in [0.25, 0.3) is 0 Å². The Morgan fingerprint density at radius 2 is 1.92 bits per heavy atom. The van der Waals surface area contributed by atoms with E-state index in [1.54, 1.807) is 30.0 Å². The molecule has 0 saturated heterocycles.